The lowest BCUT2D eigenvalue weighted by atomic mass is 9.73. The van der Waals surface area contributed by atoms with Gasteiger partial charge < -0.3 is 5.73 Å². The Balaban J connectivity index is 1.57. The predicted molar refractivity (Wildman–Crippen MR) is 105 cm³/mol. The number of nitrogens with zero attached hydrogens (tertiary/aromatic N) is 2. The third-order valence-corrected chi connectivity index (χ3v) is 8.23. The lowest BCUT2D eigenvalue weighted by Gasteiger charge is -2.41. The molecular weight excluding hydrogens is 314 g/mol. The molecule has 0 bridgehead atoms. The SMILES string of the molecule is NC1=N[C@@]2(C3CCCCCC3)CN(C3CCCCCC3)C[C@H]2CS1. The van der Waals surface area contributed by atoms with Gasteiger partial charge in [0.1, 0.15) is 0 Å². The largest absolute Gasteiger partial charge is 0.379 e. The molecule has 2 aliphatic heterocycles. The van der Waals surface area contributed by atoms with Gasteiger partial charge in [-0.25, -0.2) is 0 Å². The van der Waals surface area contributed by atoms with Gasteiger partial charge in [-0.15, -0.1) is 0 Å². The number of fused-ring (bicyclic) bond motifs is 1. The Kier molecular flexibility index (Phi) is 5.43. The van der Waals surface area contributed by atoms with Crippen LogP contribution in [0.15, 0.2) is 4.99 Å². The van der Waals surface area contributed by atoms with E-state index in [9.17, 15) is 0 Å². The van der Waals surface area contributed by atoms with Gasteiger partial charge in [0.2, 0.25) is 0 Å². The molecule has 0 aromatic heterocycles. The van der Waals surface area contributed by atoms with Crippen molar-refractivity contribution >= 4 is 16.9 Å². The fourth-order valence-corrected chi connectivity index (χ4v) is 6.94. The van der Waals surface area contributed by atoms with Crippen LogP contribution >= 0.6 is 11.8 Å². The zero-order valence-corrected chi connectivity index (χ0v) is 16.0. The highest BCUT2D eigenvalue weighted by Crippen LogP contribution is 2.48. The second-order valence-corrected chi connectivity index (χ2v) is 9.75. The molecule has 2 N–H and O–H groups in total. The first-order chi connectivity index (χ1) is 11.8. The molecule has 0 aromatic rings. The van der Waals surface area contributed by atoms with Gasteiger partial charge in [-0.1, -0.05) is 63.1 Å². The van der Waals surface area contributed by atoms with Crippen molar-refractivity contribution in [1.29, 1.82) is 0 Å². The van der Waals surface area contributed by atoms with E-state index < -0.39 is 0 Å². The fraction of sp³-hybridized carbons (Fsp3) is 0.950. The molecule has 4 heteroatoms. The number of thioether (sulfide) groups is 1. The van der Waals surface area contributed by atoms with Gasteiger partial charge in [-0.2, -0.15) is 0 Å². The van der Waals surface area contributed by atoms with Gasteiger partial charge in [0, 0.05) is 30.8 Å². The first-order valence-electron chi connectivity index (χ1n) is 10.5. The van der Waals surface area contributed by atoms with E-state index in [0.717, 1.165) is 23.0 Å². The monoisotopic (exact) mass is 349 g/mol. The summed E-state index contributed by atoms with van der Waals surface area (Å²) in [6.45, 7) is 2.49. The van der Waals surface area contributed by atoms with Crippen molar-refractivity contribution in [2.24, 2.45) is 22.6 Å². The Hall–Kier alpha value is -0.220. The van der Waals surface area contributed by atoms with Gasteiger partial charge in [0.15, 0.2) is 5.17 Å². The van der Waals surface area contributed by atoms with Crippen LogP contribution < -0.4 is 5.73 Å². The normalized spacial score (nSPS) is 37.5. The summed E-state index contributed by atoms with van der Waals surface area (Å²) in [5.41, 5.74) is 6.42. The molecule has 2 saturated carbocycles. The smallest absolute Gasteiger partial charge is 0.154 e. The molecule has 4 rings (SSSR count). The van der Waals surface area contributed by atoms with E-state index in [4.69, 9.17) is 10.7 Å². The number of hydrogen-bond donors (Lipinski definition) is 1. The van der Waals surface area contributed by atoms with Gasteiger partial charge in [0.05, 0.1) is 5.54 Å². The molecule has 0 aromatic carbocycles. The summed E-state index contributed by atoms with van der Waals surface area (Å²) in [6.07, 6.45) is 17.0. The van der Waals surface area contributed by atoms with Crippen molar-refractivity contribution in [2.45, 2.75) is 88.6 Å². The van der Waals surface area contributed by atoms with Crippen molar-refractivity contribution in [1.82, 2.24) is 4.90 Å². The zero-order chi connectivity index (χ0) is 16.4. The maximum absolute atomic E-state index is 6.26. The number of rotatable bonds is 2. The van der Waals surface area contributed by atoms with Crippen LogP contribution in [0.1, 0.15) is 77.0 Å². The minimum absolute atomic E-state index is 0.159. The number of amidine groups is 1. The zero-order valence-electron chi connectivity index (χ0n) is 15.2. The van der Waals surface area contributed by atoms with E-state index in [1.165, 1.54) is 95.9 Å². The quantitative estimate of drug-likeness (QED) is 0.751. The topological polar surface area (TPSA) is 41.6 Å². The number of nitrogens with two attached hydrogens (primary N) is 1. The van der Waals surface area contributed by atoms with Crippen LogP contribution in [0.3, 0.4) is 0 Å². The van der Waals surface area contributed by atoms with Crippen LogP contribution in [0, 0.1) is 11.8 Å². The standard InChI is InChI=1S/C20H35N3S/c21-19-22-20(16-9-5-1-2-6-10-16)15-23(13-17(20)14-24-19)18-11-7-3-4-8-12-18/h16-18H,1-15H2,(H2,21,22)/t17-,20+/m0/s1. The molecule has 0 radical (unpaired) electrons. The van der Waals surface area contributed by atoms with E-state index in [0.29, 0.717) is 0 Å². The van der Waals surface area contributed by atoms with Crippen molar-refractivity contribution in [2.75, 3.05) is 18.8 Å². The van der Waals surface area contributed by atoms with Crippen molar-refractivity contribution in [3.05, 3.63) is 0 Å². The van der Waals surface area contributed by atoms with Crippen molar-refractivity contribution in [3.8, 4) is 0 Å². The Bertz CT molecular complexity index is 450. The first kappa shape index (κ1) is 17.2. The molecule has 0 amide bonds. The molecule has 0 spiro atoms. The predicted octanol–water partition coefficient (Wildman–Crippen LogP) is 4.41. The second-order valence-electron chi connectivity index (χ2n) is 8.71. The van der Waals surface area contributed by atoms with E-state index in [1.807, 2.05) is 11.8 Å². The highest BCUT2D eigenvalue weighted by atomic mass is 32.2. The third kappa shape index (κ3) is 3.38. The number of likely N-dealkylation sites (tertiary alicyclic amines) is 1. The van der Waals surface area contributed by atoms with E-state index in [2.05, 4.69) is 4.90 Å². The summed E-state index contributed by atoms with van der Waals surface area (Å²) in [6, 6.07) is 0.821. The molecular formula is C20H35N3S. The fourth-order valence-electron chi connectivity index (χ4n) is 5.94. The molecule has 3 nitrogen and oxygen atoms in total. The van der Waals surface area contributed by atoms with Gasteiger partial charge in [-0.3, -0.25) is 9.89 Å². The Labute approximate surface area is 152 Å². The van der Waals surface area contributed by atoms with Crippen LogP contribution in [-0.4, -0.2) is 40.5 Å². The van der Waals surface area contributed by atoms with Crippen LogP contribution in [0.2, 0.25) is 0 Å². The maximum Gasteiger partial charge on any atom is 0.154 e. The van der Waals surface area contributed by atoms with Crippen LogP contribution in [0.25, 0.3) is 0 Å². The van der Waals surface area contributed by atoms with E-state index >= 15 is 0 Å². The van der Waals surface area contributed by atoms with Gasteiger partial charge in [-0.05, 0) is 31.6 Å². The molecule has 2 atom stereocenters. The van der Waals surface area contributed by atoms with Crippen molar-refractivity contribution in [3.63, 3.8) is 0 Å². The minimum Gasteiger partial charge on any atom is -0.379 e. The molecule has 1 saturated heterocycles. The summed E-state index contributed by atoms with van der Waals surface area (Å²) in [5.74, 6) is 2.72. The van der Waals surface area contributed by atoms with Gasteiger partial charge >= 0.3 is 0 Å². The van der Waals surface area contributed by atoms with E-state index in [1.54, 1.807) is 0 Å². The molecule has 24 heavy (non-hydrogen) atoms. The average Bonchev–Trinajstić information content (AvgIpc) is 2.83. The molecule has 136 valence electrons. The Morgan fingerprint density at radius 3 is 2.17 bits per heavy atom. The van der Waals surface area contributed by atoms with Crippen LogP contribution in [0.5, 0.6) is 0 Å². The summed E-state index contributed by atoms with van der Waals surface area (Å²) in [5, 5.41) is 0.873. The maximum atomic E-state index is 6.26. The molecule has 2 heterocycles. The molecule has 3 fully saturated rings. The highest BCUT2D eigenvalue weighted by Gasteiger charge is 2.53. The Morgan fingerprint density at radius 1 is 0.875 bits per heavy atom. The van der Waals surface area contributed by atoms with Gasteiger partial charge in [0.25, 0.3) is 0 Å². The number of hydrogen-bond acceptors (Lipinski definition) is 4. The summed E-state index contributed by atoms with van der Waals surface area (Å²) < 4.78 is 0. The third-order valence-electron chi connectivity index (χ3n) is 7.27. The van der Waals surface area contributed by atoms with Crippen molar-refractivity contribution < 1.29 is 0 Å². The summed E-state index contributed by atoms with van der Waals surface area (Å²) in [7, 11) is 0. The van der Waals surface area contributed by atoms with E-state index in [-0.39, 0.29) is 5.54 Å². The first-order valence-corrected chi connectivity index (χ1v) is 11.5. The van der Waals surface area contributed by atoms with Crippen LogP contribution in [0.4, 0.5) is 0 Å². The number of aliphatic imine (C=N–C) groups is 1. The molecule has 2 aliphatic carbocycles. The Morgan fingerprint density at radius 2 is 1.50 bits per heavy atom. The molecule has 0 unspecified atom stereocenters. The van der Waals surface area contributed by atoms with Crippen LogP contribution in [-0.2, 0) is 0 Å². The highest BCUT2D eigenvalue weighted by molar-refractivity contribution is 8.13. The summed E-state index contributed by atoms with van der Waals surface area (Å²) in [4.78, 5) is 8.08. The lowest BCUT2D eigenvalue weighted by molar-refractivity contribution is 0.178. The second kappa shape index (κ2) is 7.57. The lowest BCUT2D eigenvalue weighted by Crippen LogP contribution is -2.49. The average molecular weight is 350 g/mol. The minimum atomic E-state index is 0.159. The summed E-state index contributed by atoms with van der Waals surface area (Å²) >= 11 is 1.82. The molecule has 4 aliphatic rings.